The molecule has 2 aromatic carbocycles. The van der Waals surface area contributed by atoms with E-state index in [-0.39, 0.29) is 5.54 Å². The summed E-state index contributed by atoms with van der Waals surface area (Å²) in [6.45, 7) is 13.4. The molecule has 1 N–H and O–H groups in total. The van der Waals surface area contributed by atoms with Crippen molar-refractivity contribution in [3.63, 3.8) is 0 Å². The van der Waals surface area contributed by atoms with Crippen molar-refractivity contribution in [2.45, 2.75) is 46.1 Å². The third-order valence-electron chi connectivity index (χ3n) is 6.48. The molecule has 0 bridgehead atoms. The van der Waals surface area contributed by atoms with Gasteiger partial charge in [-0.25, -0.2) is 4.98 Å². The minimum Gasteiger partial charge on any atom is -0.497 e. The summed E-state index contributed by atoms with van der Waals surface area (Å²) in [7, 11) is 1.69. The molecule has 34 heavy (non-hydrogen) atoms. The molecule has 0 amide bonds. The predicted octanol–water partition coefficient (Wildman–Crippen LogP) is 6.42. The molecule has 1 fully saturated rings. The van der Waals surface area contributed by atoms with E-state index in [0.29, 0.717) is 22.7 Å². The van der Waals surface area contributed by atoms with E-state index in [9.17, 15) is 0 Å². The fraction of sp³-hybridized carbons (Fsp3) is 0.407. The SMILES string of the molecule is COc1ccc(N2CCN(c3ncc(Cl)c(Nc4cc(C(C)C)ccc4C)n3)CC2(C)C)cc1. The minimum absolute atomic E-state index is 0.106. The van der Waals surface area contributed by atoms with Crippen LogP contribution in [0, 0.1) is 6.92 Å². The van der Waals surface area contributed by atoms with E-state index in [1.807, 2.05) is 12.1 Å². The number of piperazine rings is 1. The molecule has 1 saturated heterocycles. The van der Waals surface area contributed by atoms with Crippen molar-refractivity contribution in [1.29, 1.82) is 0 Å². The molecular formula is C27H34ClN5O. The zero-order valence-electron chi connectivity index (χ0n) is 20.9. The lowest BCUT2D eigenvalue weighted by Crippen LogP contribution is -2.60. The average molecular weight is 480 g/mol. The standard InChI is InChI=1S/C27H34ClN5O/c1-18(2)20-8-7-19(3)24(15-20)30-25-23(28)16-29-26(31-25)32-13-14-33(27(4,5)17-32)21-9-11-22(34-6)12-10-21/h7-12,15-16,18H,13-14,17H2,1-6H3,(H,29,30,31). The summed E-state index contributed by atoms with van der Waals surface area (Å²) in [5.41, 5.74) is 4.52. The molecular weight excluding hydrogens is 446 g/mol. The summed E-state index contributed by atoms with van der Waals surface area (Å²) in [5, 5.41) is 3.96. The normalized spacial score (nSPS) is 15.5. The number of halogens is 1. The molecule has 0 saturated carbocycles. The number of nitrogens with one attached hydrogen (secondary N) is 1. The van der Waals surface area contributed by atoms with Gasteiger partial charge < -0.3 is 19.9 Å². The lowest BCUT2D eigenvalue weighted by Gasteiger charge is -2.48. The number of methoxy groups -OCH3 is 1. The van der Waals surface area contributed by atoms with Gasteiger partial charge in [0.15, 0.2) is 5.82 Å². The smallest absolute Gasteiger partial charge is 0.227 e. The van der Waals surface area contributed by atoms with Crippen LogP contribution in [-0.4, -0.2) is 42.3 Å². The van der Waals surface area contributed by atoms with Gasteiger partial charge in [0, 0.05) is 31.0 Å². The number of nitrogens with zero attached hydrogens (tertiary/aromatic N) is 4. The Labute approximate surface area is 207 Å². The molecule has 0 spiro atoms. The largest absolute Gasteiger partial charge is 0.497 e. The van der Waals surface area contributed by atoms with Crippen molar-refractivity contribution >= 4 is 34.7 Å². The van der Waals surface area contributed by atoms with Crippen LogP contribution < -0.4 is 19.9 Å². The van der Waals surface area contributed by atoms with E-state index in [1.54, 1.807) is 13.3 Å². The number of anilines is 4. The topological polar surface area (TPSA) is 53.5 Å². The first kappa shape index (κ1) is 24.1. The van der Waals surface area contributed by atoms with Crippen LogP contribution in [0.3, 0.4) is 0 Å². The number of aryl methyl sites for hydroxylation is 1. The Hall–Kier alpha value is -2.99. The summed E-state index contributed by atoms with van der Waals surface area (Å²) >= 11 is 6.50. The van der Waals surface area contributed by atoms with Gasteiger partial charge in [0.05, 0.1) is 18.8 Å². The molecule has 0 radical (unpaired) electrons. The van der Waals surface area contributed by atoms with E-state index in [0.717, 1.165) is 36.6 Å². The highest BCUT2D eigenvalue weighted by Crippen LogP contribution is 2.33. The Morgan fingerprint density at radius 1 is 1.09 bits per heavy atom. The van der Waals surface area contributed by atoms with Crippen molar-refractivity contribution in [3.05, 3.63) is 64.8 Å². The van der Waals surface area contributed by atoms with Crippen LogP contribution in [0.1, 0.15) is 44.7 Å². The number of aromatic nitrogens is 2. The molecule has 2 heterocycles. The van der Waals surface area contributed by atoms with Crippen molar-refractivity contribution in [2.75, 3.05) is 41.9 Å². The second-order valence-electron chi connectivity index (χ2n) is 9.80. The number of hydrogen-bond acceptors (Lipinski definition) is 6. The zero-order chi connectivity index (χ0) is 24.5. The highest BCUT2D eigenvalue weighted by molar-refractivity contribution is 6.32. The van der Waals surface area contributed by atoms with Gasteiger partial charge in [-0.2, -0.15) is 4.98 Å². The van der Waals surface area contributed by atoms with Gasteiger partial charge in [0.2, 0.25) is 5.95 Å². The fourth-order valence-corrected chi connectivity index (χ4v) is 4.56. The highest BCUT2D eigenvalue weighted by atomic mass is 35.5. The van der Waals surface area contributed by atoms with E-state index in [2.05, 4.69) is 85.1 Å². The van der Waals surface area contributed by atoms with Gasteiger partial charge in [0.1, 0.15) is 10.8 Å². The molecule has 6 nitrogen and oxygen atoms in total. The maximum atomic E-state index is 6.50. The van der Waals surface area contributed by atoms with Crippen LogP contribution in [0.25, 0.3) is 0 Å². The predicted molar refractivity (Wildman–Crippen MR) is 142 cm³/mol. The molecule has 1 aliphatic rings. The van der Waals surface area contributed by atoms with Gasteiger partial charge in [-0.15, -0.1) is 0 Å². The van der Waals surface area contributed by atoms with Gasteiger partial charge in [0.25, 0.3) is 0 Å². The van der Waals surface area contributed by atoms with Crippen LogP contribution in [-0.2, 0) is 0 Å². The number of ether oxygens (including phenoxy) is 1. The first-order valence-corrected chi connectivity index (χ1v) is 12.1. The van der Waals surface area contributed by atoms with Crippen molar-refractivity contribution < 1.29 is 4.74 Å². The summed E-state index contributed by atoms with van der Waals surface area (Å²) in [5.74, 6) is 2.63. The van der Waals surface area contributed by atoms with Gasteiger partial charge in [-0.3, -0.25) is 0 Å². The Balaban J connectivity index is 1.55. The lowest BCUT2D eigenvalue weighted by molar-refractivity contribution is 0.408. The summed E-state index contributed by atoms with van der Waals surface area (Å²) in [6, 6.07) is 14.7. The van der Waals surface area contributed by atoms with Crippen LogP contribution in [0.15, 0.2) is 48.7 Å². The summed E-state index contributed by atoms with van der Waals surface area (Å²) in [6.07, 6.45) is 1.69. The zero-order valence-corrected chi connectivity index (χ0v) is 21.6. The Morgan fingerprint density at radius 3 is 2.47 bits per heavy atom. The number of benzene rings is 2. The molecule has 4 rings (SSSR count). The fourth-order valence-electron chi connectivity index (χ4n) is 4.43. The average Bonchev–Trinajstić information content (AvgIpc) is 2.81. The molecule has 0 aliphatic carbocycles. The number of rotatable bonds is 6. The molecule has 1 aliphatic heterocycles. The maximum absolute atomic E-state index is 6.50. The van der Waals surface area contributed by atoms with Crippen molar-refractivity contribution in [2.24, 2.45) is 0 Å². The van der Waals surface area contributed by atoms with Crippen molar-refractivity contribution in [1.82, 2.24) is 9.97 Å². The van der Waals surface area contributed by atoms with Crippen LogP contribution in [0.2, 0.25) is 5.02 Å². The molecule has 0 atom stereocenters. The van der Waals surface area contributed by atoms with E-state index in [4.69, 9.17) is 21.3 Å². The monoisotopic (exact) mass is 479 g/mol. The van der Waals surface area contributed by atoms with Gasteiger partial charge >= 0.3 is 0 Å². The van der Waals surface area contributed by atoms with E-state index < -0.39 is 0 Å². The Morgan fingerprint density at radius 2 is 1.82 bits per heavy atom. The first-order valence-electron chi connectivity index (χ1n) is 11.7. The third-order valence-corrected chi connectivity index (χ3v) is 6.76. The van der Waals surface area contributed by atoms with Gasteiger partial charge in [-0.1, -0.05) is 37.6 Å². The first-order chi connectivity index (χ1) is 16.2. The second kappa shape index (κ2) is 9.71. The van der Waals surface area contributed by atoms with E-state index >= 15 is 0 Å². The lowest BCUT2D eigenvalue weighted by atomic mass is 9.98. The molecule has 3 aromatic rings. The summed E-state index contributed by atoms with van der Waals surface area (Å²) < 4.78 is 5.31. The third kappa shape index (κ3) is 5.07. The molecule has 0 unspecified atom stereocenters. The minimum atomic E-state index is -0.106. The van der Waals surface area contributed by atoms with Crippen LogP contribution >= 0.6 is 11.6 Å². The molecule has 180 valence electrons. The molecule has 7 heteroatoms. The van der Waals surface area contributed by atoms with Crippen molar-refractivity contribution in [3.8, 4) is 5.75 Å². The summed E-state index contributed by atoms with van der Waals surface area (Å²) in [4.78, 5) is 14.1. The second-order valence-corrected chi connectivity index (χ2v) is 10.2. The van der Waals surface area contributed by atoms with E-state index in [1.165, 1.54) is 11.3 Å². The number of hydrogen-bond donors (Lipinski definition) is 1. The van der Waals surface area contributed by atoms with Gasteiger partial charge in [-0.05, 0) is 68.1 Å². The molecule has 1 aromatic heterocycles. The highest BCUT2D eigenvalue weighted by Gasteiger charge is 2.35. The van der Waals surface area contributed by atoms with Crippen LogP contribution in [0.5, 0.6) is 5.75 Å². The Kier molecular flexibility index (Phi) is 6.89. The maximum Gasteiger partial charge on any atom is 0.227 e. The Bertz CT molecular complexity index is 1150. The quantitative estimate of drug-likeness (QED) is 0.440. The van der Waals surface area contributed by atoms with Crippen LogP contribution in [0.4, 0.5) is 23.1 Å².